The molecule has 0 saturated heterocycles. The Bertz CT molecular complexity index is 2240. The molecule has 0 radical (unpaired) electrons. The van der Waals surface area contributed by atoms with Gasteiger partial charge in [-0.1, -0.05) is 192 Å². The second-order valence-electron chi connectivity index (χ2n) is 15.9. The van der Waals surface area contributed by atoms with E-state index in [-0.39, 0.29) is 6.71 Å². The van der Waals surface area contributed by atoms with Crippen LogP contribution in [0.1, 0.15) is 77.0 Å². The number of hydrogen-bond acceptors (Lipinski definition) is 2. The highest BCUT2D eigenvalue weighted by molar-refractivity contribution is 8.00. The maximum Gasteiger partial charge on any atom is 0.223 e. The predicted molar refractivity (Wildman–Crippen MR) is 227 cm³/mol. The Hall–Kier alpha value is -4.40. The standard InChI is InChI=1S/C48H48B2OS/c1-30(2)37-26-27-42-46(44(37)34-18-10-8-11-19-34)50(39-22-14-16-24-41(39)51-42)33(7)28-36-29-38(31(3)4)45(35-20-12-9-13-21-35)47-48(36)52-43-25-17-15-23-40(43)49(47)32(5)6/h8-27,29-33H,28H2,1-7H3. The second kappa shape index (κ2) is 14.2. The van der Waals surface area contributed by atoms with Gasteiger partial charge in [-0.3, -0.25) is 0 Å². The van der Waals surface area contributed by atoms with Gasteiger partial charge >= 0.3 is 0 Å². The minimum atomic E-state index is 0.169. The smallest absolute Gasteiger partial charge is 0.223 e. The number of ether oxygens (including phenoxy) is 1. The molecule has 2 heterocycles. The molecule has 8 rings (SSSR count). The van der Waals surface area contributed by atoms with Gasteiger partial charge in [0, 0.05) is 9.79 Å². The fourth-order valence-electron chi connectivity index (χ4n) is 9.09. The van der Waals surface area contributed by atoms with Gasteiger partial charge in [0.25, 0.3) is 0 Å². The zero-order chi connectivity index (χ0) is 36.1. The van der Waals surface area contributed by atoms with Crippen LogP contribution in [0.5, 0.6) is 11.5 Å². The minimum absolute atomic E-state index is 0.169. The topological polar surface area (TPSA) is 9.23 Å². The molecule has 1 atom stereocenters. The molecule has 0 saturated carbocycles. The first-order valence-electron chi connectivity index (χ1n) is 19.2. The van der Waals surface area contributed by atoms with Crippen molar-refractivity contribution in [3.8, 4) is 33.8 Å². The van der Waals surface area contributed by atoms with Crippen molar-refractivity contribution in [1.82, 2.24) is 0 Å². The highest BCUT2D eigenvalue weighted by Crippen LogP contribution is 2.44. The predicted octanol–water partition coefficient (Wildman–Crippen LogP) is 11.1. The normalized spacial score (nSPS) is 13.8. The van der Waals surface area contributed by atoms with E-state index in [9.17, 15) is 0 Å². The van der Waals surface area contributed by atoms with E-state index >= 15 is 0 Å². The zero-order valence-corrected chi connectivity index (χ0v) is 32.4. The van der Waals surface area contributed by atoms with Gasteiger partial charge in [-0.15, -0.1) is 0 Å². The Labute approximate surface area is 316 Å². The third-order valence-corrected chi connectivity index (χ3v) is 12.6. The van der Waals surface area contributed by atoms with Gasteiger partial charge < -0.3 is 4.74 Å². The quantitative estimate of drug-likeness (QED) is 0.147. The molecule has 0 aromatic heterocycles. The van der Waals surface area contributed by atoms with Crippen LogP contribution in [0.3, 0.4) is 0 Å². The molecule has 1 nitrogen and oxygen atoms in total. The van der Waals surface area contributed by atoms with Crippen LogP contribution in [0.25, 0.3) is 22.3 Å². The molecule has 0 amide bonds. The third-order valence-electron chi connectivity index (χ3n) is 11.4. The molecular weight excluding hydrogens is 646 g/mol. The lowest BCUT2D eigenvalue weighted by Gasteiger charge is -2.36. The number of rotatable bonds is 8. The van der Waals surface area contributed by atoms with Crippen LogP contribution in [0.2, 0.25) is 11.6 Å². The van der Waals surface area contributed by atoms with Gasteiger partial charge in [0.05, 0.1) is 0 Å². The van der Waals surface area contributed by atoms with Crippen molar-refractivity contribution in [1.29, 1.82) is 0 Å². The lowest BCUT2D eigenvalue weighted by Crippen LogP contribution is -2.51. The average molecular weight is 695 g/mol. The van der Waals surface area contributed by atoms with Crippen molar-refractivity contribution in [3.63, 3.8) is 0 Å². The summed E-state index contributed by atoms with van der Waals surface area (Å²) in [7, 11) is 0. The highest BCUT2D eigenvalue weighted by atomic mass is 32.2. The Kier molecular flexibility index (Phi) is 9.47. The summed E-state index contributed by atoms with van der Waals surface area (Å²) < 4.78 is 6.79. The van der Waals surface area contributed by atoms with Crippen LogP contribution in [0.15, 0.2) is 137 Å². The summed E-state index contributed by atoms with van der Waals surface area (Å²) in [6.45, 7) is 17.2. The van der Waals surface area contributed by atoms with Crippen LogP contribution >= 0.6 is 11.8 Å². The van der Waals surface area contributed by atoms with Gasteiger partial charge in [0.15, 0.2) is 0 Å². The summed E-state index contributed by atoms with van der Waals surface area (Å²) in [5, 5.41) is 0. The van der Waals surface area contributed by atoms with E-state index in [0.29, 0.717) is 30.2 Å². The molecule has 0 aliphatic carbocycles. The van der Waals surface area contributed by atoms with Crippen molar-refractivity contribution in [2.45, 2.75) is 88.1 Å². The molecule has 0 fully saturated rings. The van der Waals surface area contributed by atoms with E-state index in [1.165, 1.54) is 70.6 Å². The first-order valence-corrected chi connectivity index (χ1v) is 20.0. The fraction of sp³-hybridized carbons (Fsp3) is 0.250. The molecule has 2 aliphatic rings. The molecule has 1 unspecified atom stereocenters. The molecule has 0 N–H and O–H groups in total. The lowest BCUT2D eigenvalue weighted by molar-refractivity contribution is 0.486. The van der Waals surface area contributed by atoms with Crippen molar-refractivity contribution >= 4 is 47.0 Å². The zero-order valence-electron chi connectivity index (χ0n) is 31.6. The van der Waals surface area contributed by atoms with Gasteiger partial charge in [-0.05, 0) is 86.3 Å². The van der Waals surface area contributed by atoms with Crippen molar-refractivity contribution in [2.24, 2.45) is 0 Å². The average Bonchev–Trinajstić information content (AvgIpc) is 3.15. The number of hydrogen-bond donors (Lipinski definition) is 0. The largest absolute Gasteiger partial charge is 0.458 e. The maximum absolute atomic E-state index is 6.79. The lowest BCUT2D eigenvalue weighted by atomic mass is 9.31. The molecule has 258 valence electrons. The van der Waals surface area contributed by atoms with Crippen LogP contribution < -0.4 is 26.6 Å². The first kappa shape index (κ1) is 34.7. The van der Waals surface area contributed by atoms with Crippen LogP contribution in [-0.2, 0) is 6.42 Å². The first-order chi connectivity index (χ1) is 25.2. The molecule has 52 heavy (non-hydrogen) atoms. The van der Waals surface area contributed by atoms with E-state index in [0.717, 1.165) is 17.9 Å². The summed E-state index contributed by atoms with van der Waals surface area (Å²) in [5.74, 6) is 3.49. The van der Waals surface area contributed by atoms with E-state index < -0.39 is 0 Å². The summed E-state index contributed by atoms with van der Waals surface area (Å²) in [6, 6.07) is 47.2. The monoisotopic (exact) mass is 694 g/mol. The van der Waals surface area contributed by atoms with Gasteiger partial charge in [0.1, 0.15) is 11.5 Å². The molecule has 0 bridgehead atoms. The van der Waals surface area contributed by atoms with Crippen molar-refractivity contribution < 1.29 is 4.74 Å². The van der Waals surface area contributed by atoms with Gasteiger partial charge in [0.2, 0.25) is 13.4 Å². The minimum Gasteiger partial charge on any atom is -0.458 e. The van der Waals surface area contributed by atoms with Gasteiger partial charge in [-0.25, -0.2) is 0 Å². The Morgan fingerprint density at radius 2 is 1.12 bits per heavy atom. The molecule has 2 aliphatic heterocycles. The van der Waals surface area contributed by atoms with Gasteiger partial charge in [-0.2, -0.15) is 0 Å². The molecule has 6 aromatic carbocycles. The van der Waals surface area contributed by atoms with E-state index in [1.54, 1.807) is 0 Å². The van der Waals surface area contributed by atoms with Crippen LogP contribution in [0.4, 0.5) is 0 Å². The SMILES string of the molecule is CC(C)B1c2ccccc2Sc2c(CC(C)B3c4ccccc4Oc4ccc(C(C)C)c(-c5ccccc5)c43)cc(C(C)C)c(-c3ccccc3)c21. The Morgan fingerprint density at radius 1 is 0.538 bits per heavy atom. The fourth-order valence-corrected chi connectivity index (χ4v) is 10.4. The maximum atomic E-state index is 6.79. The van der Waals surface area contributed by atoms with Crippen LogP contribution in [-0.4, -0.2) is 13.4 Å². The Morgan fingerprint density at radius 3 is 1.75 bits per heavy atom. The highest BCUT2D eigenvalue weighted by Gasteiger charge is 2.41. The van der Waals surface area contributed by atoms with E-state index in [4.69, 9.17) is 4.74 Å². The van der Waals surface area contributed by atoms with E-state index in [1.807, 2.05) is 11.8 Å². The molecule has 6 aromatic rings. The molecule has 0 spiro atoms. The van der Waals surface area contributed by atoms with Crippen molar-refractivity contribution in [3.05, 3.63) is 144 Å². The number of benzene rings is 6. The van der Waals surface area contributed by atoms with Crippen LogP contribution in [0, 0.1) is 0 Å². The van der Waals surface area contributed by atoms with E-state index in [2.05, 4.69) is 176 Å². The second-order valence-corrected chi connectivity index (χ2v) is 16.9. The Balaban J connectivity index is 1.36. The third kappa shape index (κ3) is 6.03. The van der Waals surface area contributed by atoms with Crippen molar-refractivity contribution in [2.75, 3.05) is 0 Å². The number of para-hydroxylation sites is 1. The summed E-state index contributed by atoms with van der Waals surface area (Å²) >= 11 is 2.00. The number of fused-ring (bicyclic) bond motifs is 4. The summed E-state index contributed by atoms with van der Waals surface area (Å²) in [6.07, 6.45) is 0.968. The molecular formula is C48H48B2OS. The molecule has 4 heteroatoms. The summed E-state index contributed by atoms with van der Waals surface area (Å²) in [5.41, 5.74) is 15.3. The summed E-state index contributed by atoms with van der Waals surface area (Å²) in [4.78, 5) is 2.86.